The second-order valence-corrected chi connectivity index (χ2v) is 3.30. The minimum atomic E-state index is -0.624. The average Bonchev–Trinajstić information content (AvgIpc) is 2.42. The van der Waals surface area contributed by atoms with Gasteiger partial charge in [-0.1, -0.05) is 6.07 Å². The Hall–Kier alpha value is -1.92. The fraction of sp³-hybridized carbons (Fsp3) is 0.333. The summed E-state index contributed by atoms with van der Waals surface area (Å²) in [5.74, 6) is -1.25. The Morgan fingerprint density at radius 2 is 1.39 bits per heavy atom. The van der Waals surface area contributed by atoms with Gasteiger partial charge in [0, 0.05) is 0 Å². The summed E-state index contributed by atoms with van der Waals surface area (Å²) < 4.78 is 9.42. The number of carbonyl (C=O) groups excluding carboxylic acids is 2. The van der Waals surface area contributed by atoms with Gasteiger partial charge in [-0.3, -0.25) is 0 Å². The van der Waals surface area contributed by atoms with Gasteiger partial charge in [0.15, 0.2) is 0 Å². The summed E-state index contributed by atoms with van der Waals surface area (Å²) in [5, 5.41) is 17.1. The number of rotatable bonds is 6. The summed E-state index contributed by atoms with van der Waals surface area (Å²) in [6, 6.07) is 5.83. The molecule has 2 N–H and O–H groups in total. The van der Waals surface area contributed by atoms with Crippen molar-refractivity contribution in [2.75, 3.05) is 26.4 Å². The van der Waals surface area contributed by atoms with E-state index in [9.17, 15) is 9.59 Å². The van der Waals surface area contributed by atoms with Crippen molar-refractivity contribution < 1.29 is 29.3 Å². The van der Waals surface area contributed by atoms with Gasteiger partial charge in [-0.25, -0.2) is 9.59 Å². The van der Waals surface area contributed by atoms with Gasteiger partial charge in [0.05, 0.1) is 24.3 Å². The molecule has 98 valence electrons. The molecule has 6 heteroatoms. The summed E-state index contributed by atoms with van der Waals surface area (Å²) >= 11 is 0. The highest BCUT2D eigenvalue weighted by molar-refractivity contribution is 5.95. The van der Waals surface area contributed by atoms with E-state index in [-0.39, 0.29) is 37.6 Å². The molecule has 0 aliphatic heterocycles. The summed E-state index contributed by atoms with van der Waals surface area (Å²) in [6.45, 7) is -0.718. The molecule has 0 radical (unpaired) electrons. The summed E-state index contributed by atoms with van der Waals surface area (Å²) in [7, 11) is 0. The normalized spacial score (nSPS) is 9.89. The van der Waals surface area contributed by atoms with E-state index in [1.807, 2.05) is 0 Å². The maximum Gasteiger partial charge on any atom is 0.338 e. The van der Waals surface area contributed by atoms with Crippen LogP contribution < -0.4 is 0 Å². The van der Waals surface area contributed by atoms with Crippen LogP contribution in [0.25, 0.3) is 0 Å². The third kappa shape index (κ3) is 4.15. The highest BCUT2D eigenvalue weighted by atomic mass is 16.5. The lowest BCUT2D eigenvalue weighted by Gasteiger charge is -2.05. The van der Waals surface area contributed by atoms with Crippen LogP contribution in [0, 0.1) is 0 Å². The molecule has 0 spiro atoms. The lowest BCUT2D eigenvalue weighted by atomic mass is 10.1. The third-order valence-electron chi connectivity index (χ3n) is 1.98. The first kappa shape index (κ1) is 14.1. The summed E-state index contributed by atoms with van der Waals surface area (Å²) in [4.78, 5) is 22.9. The van der Waals surface area contributed by atoms with Gasteiger partial charge in [0.25, 0.3) is 0 Å². The van der Waals surface area contributed by atoms with Crippen molar-refractivity contribution in [3.63, 3.8) is 0 Å². The zero-order valence-corrected chi connectivity index (χ0v) is 9.67. The van der Waals surface area contributed by atoms with Crippen LogP contribution in [0.5, 0.6) is 0 Å². The minimum absolute atomic E-state index is 0.0992. The van der Waals surface area contributed by atoms with E-state index in [0.717, 1.165) is 0 Å². The molecule has 1 aromatic rings. The Labute approximate surface area is 104 Å². The van der Waals surface area contributed by atoms with Crippen molar-refractivity contribution in [3.8, 4) is 0 Å². The lowest BCUT2D eigenvalue weighted by Crippen LogP contribution is -2.12. The molecule has 0 bridgehead atoms. The number of hydrogen-bond acceptors (Lipinski definition) is 6. The number of carbonyl (C=O) groups is 2. The van der Waals surface area contributed by atoms with E-state index < -0.39 is 11.9 Å². The van der Waals surface area contributed by atoms with Crippen LogP contribution in [0.15, 0.2) is 24.3 Å². The van der Waals surface area contributed by atoms with Gasteiger partial charge in [-0.2, -0.15) is 0 Å². The number of esters is 2. The van der Waals surface area contributed by atoms with E-state index in [0.29, 0.717) is 0 Å². The quantitative estimate of drug-likeness (QED) is 0.693. The molecule has 18 heavy (non-hydrogen) atoms. The van der Waals surface area contributed by atoms with Gasteiger partial charge in [-0.05, 0) is 18.2 Å². The molecule has 0 aliphatic rings. The van der Waals surface area contributed by atoms with Gasteiger partial charge in [-0.15, -0.1) is 0 Å². The van der Waals surface area contributed by atoms with Crippen molar-refractivity contribution >= 4 is 11.9 Å². The van der Waals surface area contributed by atoms with Crippen LogP contribution in [0.2, 0.25) is 0 Å². The smallest absolute Gasteiger partial charge is 0.338 e. The second-order valence-electron chi connectivity index (χ2n) is 3.30. The van der Waals surface area contributed by atoms with E-state index >= 15 is 0 Å². The Morgan fingerprint density at radius 3 is 1.78 bits per heavy atom. The largest absolute Gasteiger partial charge is 0.460 e. The summed E-state index contributed by atoms with van der Waals surface area (Å²) in [5.41, 5.74) is 0.392. The fourth-order valence-corrected chi connectivity index (χ4v) is 1.22. The van der Waals surface area contributed by atoms with Crippen LogP contribution in [-0.4, -0.2) is 48.6 Å². The molecule has 0 atom stereocenters. The van der Waals surface area contributed by atoms with Gasteiger partial charge >= 0.3 is 11.9 Å². The van der Waals surface area contributed by atoms with Gasteiger partial charge < -0.3 is 19.7 Å². The van der Waals surface area contributed by atoms with Gasteiger partial charge in [0.1, 0.15) is 13.2 Å². The second kappa shape index (κ2) is 7.41. The van der Waals surface area contributed by atoms with Crippen LogP contribution in [0.4, 0.5) is 0 Å². The first-order valence-corrected chi connectivity index (χ1v) is 5.35. The number of aliphatic hydroxyl groups excluding tert-OH is 2. The molecule has 0 heterocycles. The molecule has 1 rings (SSSR count). The van der Waals surface area contributed by atoms with E-state index in [4.69, 9.17) is 19.7 Å². The van der Waals surface area contributed by atoms with Crippen molar-refractivity contribution in [2.24, 2.45) is 0 Å². The van der Waals surface area contributed by atoms with Crippen molar-refractivity contribution in [1.29, 1.82) is 0 Å². The zero-order valence-electron chi connectivity index (χ0n) is 9.67. The average molecular weight is 254 g/mol. The van der Waals surface area contributed by atoms with Crippen LogP contribution in [0.1, 0.15) is 20.7 Å². The molecule has 1 aromatic carbocycles. The maximum atomic E-state index is 11.5. The van der Waals surface area contributed by atoms with Crippen LogP contribution in [0.3, 0.4) is 0 Å². The van der Waals surface area contributed by atoms with Crippen LogP contribution >= 0.6 is 0 Å². The summed E-state index contributed by atoms with van der Waals surface area (Å²) in [6.07, 6.45) is 0. The monoisotopic (exact) mass is 254 g/mol. The third-order valence-corrected chi connectivity index (χ3v) is 1.98. The van der Waals surface area contributed by atoms with E-state index in [1.54, 1.807) is 0 Å². The molecular formula is C12H14O6. The topological polar surface area (TPSA) is 93.1 Å². The number of aliphatic hydroxyl groups is 2. The molecule has 0 aliphatic carbocycles. The molecular weight excluding hydrogens is 240 g/mol. The molecule has 0 saturated carbocycles. The Bertz CT molecular complexity index is 380. The predicted molar refractivity (Wildman–Crippen MR) is 61.2 cm³/mol. The van der Waals surface area contributed by atoms with Gasteiger partial charge in [0.2, 0.25) is 0 Å². The molecule has 0 aromatic heterocycles. The van der Waals surface area contributed by atoms with Crippen molar-refractivity contribution in [3.05, 3.63) is 35.4 Å². The maximum absolute atomic E-state index is 11.5. The van der Waals surface area contributed by atoms with E-state index in [1.165, 1.54) is 24.3 Å². The first-order chi connectivity index (χ1) is 8.69. The standard InChI is InChI=1S/C12H14O6/c13-4-6-17-11(15)9-2-1-3-10(8-9)12(16)18-7-5-14/h1-3,8,13-14H,4-7H2. The lowest BCUT2D eigenvalue weighted by molar-refractivity contribution is 0.0430. The first-order valence-electron chi connectivity index (χ1n) is 5.35. The zero-order chi connectivity index (χ0) is 13.4. The Balaban J connectivity index is 2.72. The number of ether oxygens (including phenoxy) is 2. The molecule has 0 saturated heterocycles. The number of benzene rings is 1. The van der Waals surface area contributed by atoms with E-state index in [2.05, 4.69) is 0 Å². The SMILES string of the molecule is O=C(OCCO)c1cccc(C(=O)OCCO)c1. The van der Waals surface area contributed by atoms with Crippen molar-refractivity contribution in [1.82, 2.24) is 0 Å². The molecule has 6 nitrogen and oxygen atoms in total. The molecule has 0 amide bonds. The minimum Gasteiger partial charge on any atom is -0.460 e. The van der Waals surface area contributed by atoms with Crippen molar-refractivity contribution in [2.45, 2.75) is 0 Å². The predicted octanol–water partition coefficient (Wildman–Crippen LogP) is -0.0152. The molecule has 0 fully saturated rings. The molecule has 0 unspecified atom stereocenters. The highest BCUT2D eigenvalue weighted by Gasteiger charge is 2.12. The number of hydrogen-bond donors (Lipinski definition) is 2. The fourth-order valence-electron chi connectivity index (χ4n) is 1.22. The Morgan fingerprint density at radius 1 is 0.944 bits per heavy atom. The van der Waals surface area contributed by atoms with Crippen LogP contribution in [-0.2, 0) is 9.47 Å². The Kier molecular flexibility index (Phi) is 5.83. The highest BCUT2D eigenvalue weighted by Crippen LogP contribution is 2.08.